The summed E-state index contributed by atoms with van der Waals surface area (Å²) in [6.07, 6.45) is 0. The van der Waals surface area contributed by atoms with Crippen LogP contribution in [0, 0.1) is 0 Å². The van der Waals surface area contributed by atoms with Gasteiger partial charge >= 0.3 is 0 Å². The van der Waals surface area contributed by atoms with Crippen molar-refractivity contribution < 1.29 is 4.42 Å². The van der Waals surface area contributed by atoms with Gasteiger partial charge in [-0.05, 0) is 104 Å². The molecule has 0 unspecified atom stereocenters. The second-order valence-corrected chi connectivity index (χ2v) is 13.2. The van der Waals surface area contributed by atoms with Crippen LogP contribution in [0.25, 0.3) is 77.1 Å². The van der Waals surface area contributed by atoms with Crippen LogP contribution in [-0.4, -0.2) is 4.98 Å². The van der Waals surface area contributed by atoms with Crippen molar-refractivity contribution in [2.45, 2.75) is 0 Å². The van der Waals surface area contributed by atoms with Gasteiger partial charge in [0, 0.05) is 28.0 Å². The van der Waals surface area contributed by atoms with Gasteiger partial charge in [0.15, 0.2) is 5.58 Å². The van der Waals surface area contributed by atoms with Gasteiger partial charge in [0.1, 0.15) is 5.52 Å². The first-order valence-corrected chi connectivity index (χ1v) is 17.6. The Morgan fingerprint density at radius 3 is 1.77 bits per heavy atom. The molecule has 9 aromatic carbocycles. The van der Waals surface area contributed by atoms with Crippen LogP contribution in [0.5, 0.6) is 0 Å². The molecule has 244 valence electrons. The summed E-state index contributed by atoms with van der Waals surface area (Å²) in [5.41, 5.74) is 10.6. The number of nitrogens with zero attached hydrogens (tertiary/aromatic N) is 2. The minimum Gasteiger partial charge on any atom is -0.435 e. The Hall–Kier alpha value is -6.97. The van der Waals surface area contributed by atoms with Crippen molar-refractivity contribution in [2.24, 2.45) is 0 Å². The van der Waals surface area contributed by atoms with Crippen LogP contribution in [-0.2, 0) is 0 Å². The van der Waals surface area contributed by atoms with E-state index in [1.807, 2.05) is 30.3 Å². The van der Waals surface area contributed by atoms with Gasteiger partial charge < -0.3 is 9.32 Å². The maximum Gasteiger partial charge on any atom is 0.227 e. The Bertz CT molecular complexity index is 2910. The van der Waals surface area contributed by atoms with Crippen LogP contribution < -0.4 is 4.90 Å². The molecule has 0 fully saturated rings. The predicted molar refractivity (Wildman–Crippen MR) is 218 cm³/mol. The third kappa shape index (κ3) is 5.19. The van der Waals surface area contributed by atoms with Crippen molar-refractivity contribution in [3.8, 4) is 33.7 Å². The first-order chi connectivity index (χ1) is 25.8. The molecule has 3 nitrogen and oxygen atoms in total. The molecular formula is C49H32N2O. The minimum atomic E-state index is 0.627. The summed E-state index contributed by atoms with van der Waals surface area (Å²) in [4.78, 5) is 7.28. The fraction of sp³-hybridized carbons (Fsp3) is 0. The zero-order chi connectivity index (χ0) is 34.4. The van der Waals surface area contributed by atoms with E-state index in [4.69, 9.17) is 9.40 Å². The number of anilines is 3. The summed E-state index contributed by atoms with van der Waals surface area (Å²) in [6.45, 7) is 0. The molecule has 10 aromatic rings. The number of oxazole rings is 1. The molecule has 0 amide bonds. The fourth-order valence-electron chi connectivity index (χ4n) is 7.53. The summed E-state index contributed by atoms with van der Waals surface area (Å²) in [5, 5.41) is 6.85. The Kier molecular flexibility index (Phi) is 7.14. The van der Waals surface area contributed by atoms with E-state index in [1.54, 1.807) is 0 Å². The van der Waals surface area contributed by atoms with Crippen molar-refractivity contribution >= 4 is 60.5 Å². The molecule has 10 rings (SSSR count). The lowest BCUT2D eigenvalue weighted by atomic mass is 9.94. The first kappa shape index (κ1) is 29.9. The molecule has 52 heavy (non-hydrogen) atoms. The Labute approximate surface area is 301 Å². The van der Waals surface area contributed by atoms with E-state index in [2.05, 4.69) is 169 Å². The van der Waals surface area contributed by atoms with Gasteiger partial charge in [-0.25, -0.2) is 4.98 Å². The van der Waals surface area contributed by atoms with Crippen LogP contribution in [0.15, 0.2) is 199 Å². The molecule has 0 bridgehead atoms. The largest absolute Gasteiger partial charge is 0.435 e. The van der Waals surface area contributed by atoms with Crippen molar-refractivity contribution in [3.63, 3.8) is 0 Å². The second-order valence-electron chi connectivity index (χ2n) is 13.2. The number of rotatable bonds is 6. The third-order valence-electron chi connectivity index (χ3n) is 10.0. The summed E-state index contributed by atoms with van der Waals surface area (Å²) in [6, 6.07) is 68.9. The molecule has 3 heteroatoms. The number of aromatic nitrogens is 1. The highest BCUT2D eigenvalue weighted by Crippen LogP contribution is 2.42. The summed E-state index contributed by atoms with van der Waals surface area (Å²) < 4.78 is 6.58. The van der Waals surface area contributed by atoms with Crippen LogP contribution in [0.4, 0.5) is 17.1 Å². The van der Waals surface area contributed by atoms with Gasteiger partial charge in [-0.1, -0.05) is 140 Å². The molecule has 0 atom stereocenters. The molecule has 1 heterocycles. The summed E-state index contributed by atoms with van der Waals surface area (Å²) in [5.74, 6) is 0.627. The van der Waals surface area contributed by atoms with Crippen molar-refractivity contribution in [3.05, 3.63) is 194 Å². The highest BCUT2D eigenvalue weighted by molar-refractivity contribution is 6.18. The minimum absolute atomic E-state index is 0.627. The maximum atomic E-state index is 6.58. The SMILES string of the molecule is c1ccc(-c2nc3ccc4ccc5ccc(N(c6cccc(-c7ccccc7-c7ccccc7)c6)c6ccc7ccccc7c6)cc5c4c3o2)cc1. The summed E-state index contributed by atoms with van der Waals surface area (Å²) >= 11 is 0. The molecule has 0 radical (unpaired) electrons. The monoisotopic (exact) mass is 664 g/mol. The average molecular weight is 665 g/mol. The normalized spacial score (nSPS) is 11.5. The van der Waals surface area contributed by atoms with Crippen molar-refractivity contribution in [2.75, 3.05) is 4.90 Å². The average Bonchev–Trinajstić information content (AvgIpc) is 3.66. The van der Waals surface area contributed by atoms with Crippen LogP contribution in [0.3, 0.4) is 0 Å². The van der Waals surface area contributed by atoms with Gasteiger partial charge in [-0.15, -0.1) is 0 Å². The number of hydrogen-bond acceptors (Lipinski definition) is 3. The van der Waals surface area contributed by atoms with E-state index in [-0.39, 0.29) is 0 Å². The number of benzene rings is 9. The Morgan fingerprint density at radius 1 is 0.385 bits per heavy atom. The van der Waals surface area contributed by atoms with Gasteiger partial charge in [0.05, 0.1) is 0 Å². The van der Waals surface area contributed by atoms with E-state index in [1.165, 1.54) is 27.5 Å². The molecular weight excluding hydrogens is 633 g/mol. The lowest BCUT2D eigenvalue weighted by Crippen LogP contribution is -2.10. The molecule has 0 saturated heterocycles. The van der Waals surface area contributed by atoms with E-state index in [9.17, 15) is 0 Å². The molecule has 0 spiro atoms. The molecule has 0 N–H and O–H groups in total. The molecule has 0 aliphatic rings. The van der Waals surface area contributed by atoms with E-state index in [0.717, 1.165) is 60.8 Å². The van der Waals surface area contributed by atoms with Gasteiger partial charge in [0.2, 0.25) is 5.89 Å². The molecule has 0 saturated carbocycles. The topological polar surface area (TPSA) is 29.3 Å². The lowest BCUT2D eigenvalue weighted by Gasteiger charge is -2.27. The van der Waals surface area contributed by atoms with Crippen LogP contribution in [0.1, 0.15) is 0 Å². The zero-order valence-corrected chi connectivity index (χ0v) is 28.3. The summed E-state index contributed by atoms with van der Waals surface area (Å²) in [7, 11) is 0. The van der Waals surface area contributed by atoms with Crippen molar-refractivity contribution in [1.82, 2.24) is 4.98 Å². The number of fused-ring (bicyclic) bond motifs is 6. The van der Waals surface area contributed by atoms with Gasteiger partial charge in [-0.3, -0.25) is 0 Å². The lowest BCUT2D eigenvalue weighted by molar-refractivity contribution is 0.623. The Balaban J connectivity index is 1.19. The smallest absolute Gasteiger partial charge is 0.227 e. The highest BCUT2D eigenvalue weighted by Gasteiger charge is 2.18. The van der Waals surface area contributed by atoms with Gasteiger partial charge in [-0.2, -0.15) is 0 Å². The van der Waals surface area contributed by atoms with Crippen LogP contribution in [0.2, 0.25) is 0 Å². The van der Waals surface area contributed by atoms with Crippen molar-refractivity contribution in [1.29, 1.82) is 0 Å². The molecule has 0 aliphatic carbocycles. The van der Waals surface area contributed by atoms with E-state index >= 15 is 0 Å². The Morgan fingerprint density at radius 2 is 0.962 bits per heavy atom. The van der Waals surface area contributed by atoms with Crippen LogP contribution >= 0.6 is 0 Å². The second kappa shape index (κ2) is 12.4. The molecule has 0 aliphatic heterocycles. The van der Waals surface area contributed by atoms with Gasteiger partial charge in [0.25, 0.3) is 0 Å². The quantitative estimate of drug-likeness (QED) is 0.166. The molecule has 1 aromatic heterocycles. The zero-order valence-electron chi connectivity index (χ0n) is 28.3. The predicted octanol–water partition coefficient (Wildman–Crippen LogP) is 13.8. The third-order valence-corrected chi connectivity index (χ3v) is 10.0. The highest BCUT2D eigenvalue weighted by atomic mass is 16.3. The fourth-order valence-corrected chi connectivity index (χ4v) is 7.53. The maximum absolute atomic E-state index is 6.58. The van der Waals surface area contributed by atoms with E-state index in [0.29, 0.717) is 5.89 Å². The standard InChI is InChI=1S/C49H32N2O/c1-3-13-34(14-4-1)43-20-9-10-21-44(43)39-18-11-19-40(31-39)51(41-27-24-33-12-7-8-17-38(33)30-41)42-28-25-35-22-23-36-26-29-46-48(47(36)45(35)32-42)52-49(50-46)37-15-5-2-6-16-37/h1-32H. The first-order valence-electron chi connectivity index (χ1n) is 17.6. The van der Waals surface area contributed by atoms with E-state index < -0.39 is 0 Å². The number of hydrogen-bond donors (Lipinski definition) is 0.